The zero-order valence-electron chi connectivity index (χ0n) is 17.2. The largest absolute Gasteiger partial charge is 0.320 e. The Morgan fingerprint density at radius 3 is 2.43 bits per heavy atom. The molecule has 0 saturated carbocycles. The number of rotatable bonds is 6. The van der Waals surface area contributed by atoms with E-state index in [2.05, 4.69) is 39.5 Å². The summed E-state index contributed by atoms with van der Waals surface area (Å²) in [5.41, 5.74) is 0.875. The number of nitrogens with zero attached hydrogens (tertiary/aromatic N) is 1. The summed E-state index contributed by atoms with van der Waals surface area (Å²) in [4.78, 5) is 22.2. The van der Waals surface area contributed by atoms with Gasteiger partial charge in [0.05, 0.1) is 11.9 Å². The smallest absolute Gasteiger partial charge is 0.282 e. The molecule has 2 aromatic carbocycles. The standard InChI is InChI=1S/C24H26N4OS/c1-19(27-15-17-28(18-16-27)23-13-7-8-14-25-23)24(29)26-21-11-5-6-12-22(21)30-20-9-3-2-4-10-20/h2-14,19H,15-18H2,1H3,(H,26,29)/p+2/t19-/m1/s1. The second-order valence-electron chi connectivity index (χ2n) is 7.52. The second-order valence-corrected chi connectivity index (χ2v) is 8.63. The third-order valence-corrected chi connectivity index (χ3v) is 6.64. The maximum Gasteiger partial charge on any atom is 0.282 e. The fourth-order valence-corrected chi connectivity index (χ4v) is 4.67. The Labute approximate surface area is 182 Å². The quantitative estimate of drug-likeness (QED) is 0.644. The molecule has 1 amide bonds. The molecule has 3 aromatic rings. The van der Waals surface area contributed by atoms with E-state index in [1.165, 1.54) is 4.90 Å². The predicted molar refractivity (Wildman–Crippen MR) is 121 cm³/mol. The molecular formula is C24H28N4OS+2. The Hall–Kier alpha value is -2.83. The number of quaternary nitrogens is 1. The van der Waals surface area contributed by atoms with Crippen LogP contribution in [0.3, 0.4) is 0 Å². The van der Waals surface area contributed by atoms with Gasteiger partial charge >= 0.3 is 0 Å². The highest BCUT2D eigenvalue weighted by atomic mass is 32.2. The van der Waals surface area contributed by atoms with Gasteiger partial charge in [-0.3, -0.25) is 9.69 Å². The average molecular weight is 421 g/mol. The van der Waals surface area contributed by atoms with Gasteiger partial charge in [0.15, 0.2) is 6.04 Å². The molecule has 1 aromatic heterocycles. The van der Waals surface area contributed by atoms with Crippen LogP contribution in [0.25, 0.3) is 0 Å². The summed E-state index contributed by atoms with van der Waals surface area (Å²) < 4.78 is 0. The van der Waals surface area contributed by atoms with E-state index in [1.807, 2.05) is 61.7 Å². The molecule has 1 saturated heterocycles. The Morgan fingerprint density at radius 2 is 1.70 bits per heavy atom. The normalized spacial score (nSPS) is 15.6. The van der Waals surface area contributed by atoms with Crippen molar-refractivity contribution in [2.45, 2.75) is 22.8 Å². The van der Waals surface area contributed by atoms with E-state index in [0.29, 0.717) is 0 Å². The first-order valence-corrected chi connectivity index (χ1v) is 11.2. The molecule has 6 heteroatoms. The highest BCUT2D eigenvalue weighted by Crippen LogP contribution is 2.33. The van der Waals surface area contributed by atoms with E-state index in [1.54, 1.807) is 11.8 Å². The average Bonchev–Trinajstić information content (AvgIpc) is 2.81. The number of hydrogen-bond donors (Lipinski definition) is 2. The Kier molecular flexibility index (Phi) is 6.67. The second kappa shape index (κ2) is 9.78. The summed E-state index contributed by atoms with van der Waals surface area (Å²) in [7, 11) is 0. The van der Waals surface area contributed by atoms with Crippen LogP contribution in [0.2, 0.25) is 0 Å². The fourth-order valence-electron chi connectivity index (χ4n) is 3.75. The zero-order chi connectivity index (χ0) is 20.8. The molecule has 30 heavy (non-hydrogen) atoms. The van der Waals surface area contributed by atoms with Crippen molar-refractivity contribution in [3.05, 3.63) is 79.0 Å². The van der Waals surface area contributed by atoms with Crippen molar-refractivity contribution in [2.75, 3.05) is 36.4 Å². The molecule has 1 atom stereocenters. The molecule has 0 unspecified atom stereocenters. The molecule has 154 valence electrons. The molecule has 4 rings (SSSR count). The third kappa shape index (κ3) is 5.01. The number of carbonyl (C=O) groups is 1. The van der Waals surface area contributed by atoms with E-state index >= 15 is 0 Å². The SMILES string of the molecule is C[C@H](C(=O)Nc1ccccc1Sc1ccccc1)[NH+]1CCN(c2cccc[nH+]2)CC1. The number of carbonyl (C=O) groups excluding carboxylic acids is 1. The van der Waals surface area contributed by atoms with Crippen LogP contribution in [0.15, 0.2) is 88.8 Å². The molecular weight excluding hydrogens is 392 g/mol. The number of H-pyrrole nitrogens is 1. The number of aromatic amines is 1. The minimum atomic E-state index is -0.0957. The van der Waals surface area contributed by atoms with Gasteiger partial charge in [0.25, 0.3) is 11.7 Å². The van der Waals surface area contributed by atoms with Gasteiger partial charge in [-0.25, -0.2) is 4.98 Å². The minimum absolute atomic E-state index is 0.0748. The summed E-state index contributed by atoms with van der Waals surface area (Å²) in [6.45, 7) is 5.79. The summed E-state index contributed by atoms with van der Waals surface area (Å²) >= 11 is 1.67. The van der Waals surface area contributed by atoms with E-state index in [0.717, 1.165) is 47.5 Å². The monoisotopic (exact) mass is 420 g/mol. The van der Waals surface area contributed by atoms with Crippen molar-refractivity contribution in [3.8, 4) is 0 Å². The van der Waals surface area contributed by atoms with Gasteiger partial charge < -0.3 is 10.2 Å². The van der Waals surface area contributed by atoms with Gasteiger partial charge in [-0.15, -0.1) is 0 Å². The van der Waals surface area contributed by atoms with Crippen LogP contribution in [0.4, 0.5) is 11.5 Å². The molecule has 3 N–H and O–H groups in total. The third-order valence-electron chi connectivity index (χ3n) is 5.56. The molecule has 5 nitrogen and oxygen atoms in total. The lowest BCUT2D eigenvalue weighted by molar-refractivity contribution is -0.914. The Morgan fingerprint density at radius 1 is 1.00 bits per heavy atom. The minimum Gasteiger partial charge on any atom is -0.320 e. The number of para-hydroxylation sites is 1. The zero-order valence-corrected chi connectivity index (χ0v) is 18.0. The number of benzene rings is 2. The van der Waals surface area contributed by atoms with Crippen LogP contribution in [0, 0.1) is 0 Å². The van der Waals surface area contributed by atoms with Crippen LogP contribution in [0.1, 0.15) is 6.92 Å². The molecule has 0 aliphatic carbocycles. The van der Waals surface area contributed by atoms with Crippen LogP contribution in [0.5, 0.6) is 0 Å². The van der Waals surface area contributed by atoms with Crippen molar-refractivity contribution >= 4 is 29.2 Å². The van der Waals surface area contributed by atoms with Gasteiger partial charge in [-0.1, -0.05) is 48.2 Å². The number of aromatic nitrogens is 1. The fraction of sp³-hybridized carbons (Fsp3) is 0.250. The van der Waals surface area contributed by atoms with Crippen molar-refractivity contribution < 1.29 is 14.7 Å². The molecule has 0 bridgehead atoms. The van der Waals surface area contributed by atoms with Crippen LogP contribution in [-0.4, -0.2) is 38.1 Å². The van der Waals surface area contributed by atoms with Crippen molar-refractivity contribution in [3.63, 3.8) is 0 Å². The number of amides is 1. The van der Waals surface area contributed by atoms with Gasteiger partial charge in [0.1, 0.15) is 26.2 Å². The maximum atomic E-state index is 13.0. The lowest BCUT2D eigenvalue weighted by Gasteiger charge is -2.31. The first kappa shape index (κ1) is 20.4. The number of nitrogens with one attached hydrogen (secondary N) is 3. The first-order valence-electron chi connectivity index (χ1n) is 10.4. The summed E-state index contributed by atoms with van der Waals surface area (Å²) in [6, 6.07) is 24.3. The van der Waals surface area contributed by atoms with Gasteiger partial charge in [0.2, 0.25) is 0 Å². The topological polar surface area (TPSA) is 50.9 Å². The number of pyridine rings is 1. The highest BCUT2D eigenvalue weighted by molar-refractivity contribution is 7.99. The van der Waals surface area contributed by atoms with Crippen molar-refractivity contribution in [2.24, 2.45) is 0 Å². The highest BCUT2D eigenvalue weighted by Gasteiger charge is 2.32. The summed E-state index contributed by atoms with van der Waals surface area (Å²) in [5, 5.41) is 3.17. The van der Waals surface area contributed by atoms with Gasteiger partial charge in [0, 0.05) is 15.9 Å². The van der Waals surface area contributed by atoms with Crippen LogP contribution in [-0.2, 0) is 4.79 Å². The van der Waals surface area contributed by atoms with Crippen molar-refractivity contribution in [1.82, 2.24) is 0 Å². The van der Waals surface area contributed by atoms with E-state index in [9.17, 15) is 4.79 Å². The Balaban J connectivity index is 1.36. The van der Waals surface area contributed by atoms with Gasteiger partial charge in [-0.2, -0.15) is 0 Å². The van der Waals surface area contributed by atoms with Crippen LogP contribution < -0.4 is 20.1 Å². The molecule has 2 heterocycles. The summed E-state index contributed by atoms with van der Waals surface area (Å²) in [6.07, 6.45) is 1.95. The number of anilines is 2. The lowest BCUT2D eigenvalue weighted by Crippen LogP contribution is -3.19. The predicted octanol–water partition coefficient (Wildman–Crippen LogP) is 2.38. The summed E-state index contributed by atoms with van der Waals surface area (Å²) in [5.74, 6) is 1.21. The molecule has 0 radical (unpaired) electrons. The van der Waals surface area contributed by atoms with Crippen LogP contribution >= 0.6 is 11.8 Å². The van der Waals surface area contributed by atoms with Crippen molar-refractivity contribution in [1.29, 1.82) is 0 Å². The molecule has 1 aliphatic heterocycles. The van der Waals surface area contributed by atoms with E-state index in [4.69, 9.17) is 0 Å². The van der Waals surface area contributed by atoms with E-state index in [-0.39, 0.29) is 11.9 Å². The first-order chi connectivity index (χ1) is 14.7. The van der Waals surface area contributed by atoms with Gasteiger partial charge in [-0.05, 0) is 37.3 Å². The molecule has 1 fully saturated rings. The Bertz CT molecular complexity index is 959. The maximum absolute atomic E-state index is 13.0. The number of piperazine rings is 1. The molecule has 0 spiro atoms. The van der Waals surface area contributed by atoms with E-state index < -0.39 is 0 Å². The lowest BCUT2D eigenvalue weighted by atomic mass is 10.2. The molecule has 1 aliphatic rings. The number of hydrogen-bond acceptors (Lipinski definition) is 3.